The van der Waals surface area contributed by atoms with Crippen LogP contribution in [0.4, 0.5) is 0 Å². The standard InChI is InChI=1S/C15H23NO5/c1-9(2)11(8-17)16-15(18)10-6-7-12(19-3)14(21-5)13(10)20-4/h6-7,9,11,17H,8H2,1-5H3,(H,16,18). The zero-order valence-corrected chi connectivity index (χ0v) is 13.1. The van der Waals surface area contributed by atoms with Gasteiger partial charge in [0, 0.05) is 0 Å². The molecule has 0 saturated carbocycles. The van der Waals surface area contributed by atoms with Gasteiger partial charge in [0.15, 0.2) is 11.5 Å². The van der Waals surface area contributed by atoms with Gasteiger partial charge in [-0.05, 0) is 18.1 Å². The highest BCUT2D eigenvalue weighted by molar-refractivity contribution is 5.98. The smallest absolute Gasteiger partial charge is 0.255 e. The zero-order chi connectivity index (χ0) is 16.0. The molecular formula is C15H23NO5. The van der Waals surface area contributed by atoms with E-state index < -0.39 is 0 Å². The second-order valence-electron chi connectivity index (χ2n) is 4.89. The van der Waals surface area contributed by atoms with Crippen LogP contribution in [0.1, 0.15) is 24.2 Å². The Hall–Kier alpha value is -1.95. The molecule has 1 amide bonds. The predicted molar refractivity (Wildman–Crippen MR) is 79.3 cm³/mol. The molecule has 2 N–H and O–H groups in total. The van der Waals surface area contributed by atoms with Gasteiger partial charge in [-0.25, -0.2) is 0 Å². The van der Waals surface area contributed by atoms with Crippen molar-refractivity contribution in [2.75, 3.05) is 27.9 Å². The van der Waals surface area contributed by atoms with E-state index in [2.05, 4.69) is 5.32 Å². The van der Waals surface area contributed by atoms with Crippen molar-refractivity contribution in [2.45, 2.75) is 19.9 Å². The maximum absolute atomic E-state index is 12.4. The molecule has 0 aliphatic rings. The number of benzene rings is 1. The first-order chi connectivity index (χ1) is 9.99. The minimum absolute atomic E-state index is 0.116. The Morgan fingerprint density at radius 3 is 2.19 bits per heavy atom. The van der Waals surface area contributed by atoms with Gasteiger partial charge in [0.1, 0.15) is 0 Å². The normalized spacial score (nSPS) is 12.0. The maximum Gasteiger partial charge on any atom is 0.255 e. The molecule has 1 aromatic rings. The van der Waals surface area contributed by atoms with Crippen molar-refractivity contribution in [3.05, 3.63) is 17.7 Å². The molecule has 0 aliphatic carbocycles. The molecule has 1 aromatic carbocycles. The third-order valence-corrected chi connectivity index (χ3v) is 3.27. The monoisotopic (exact) mass is 297 g/mol. The van der Waals surface area contributed by atoms with E-state index in [1.54, 1.807) is 12.1 Å². The average Bonchev–Trinajstić information content (AvgIpc) is 2.49. The van der Waals surface area contributed by atoms with E-state index in [1.807, 2.05) is 13.8 Å². The molecule has 0 heterocycles. The summed E-state index contributed by atoms with van der Waals surface area (Å²) in [6, 6.07) is 2.92. The van der Waals surface area contributed by atoms with Gasteiger partial charge in [-0.3, -0.25) is 4.79 Å². The van der Waals surface area contributed by atoms with Crippen molar-refractivity contribution in [1.82, 2.24) is 5.32 Å². The number of hydrogen-bond acceptors (Lipinski definition) is 5. The Morgan fingerprint density at radius 2 is 1.76 bits per heavy atom. The Balaban J connectivity index is 3.15. The van der Waals surface area contributed by atoms with Gasteiger partial charge in [0.2, 0.25) is 5.75 Å². The number of carbonyl (C=O) groups is 1. The van der Waals surface area contributed by atoms with E-state index in [9.17, 15) is 9.90 Å². The molecule has 21 heavy (non-hydrogen) atoms. The fraction of sp³-hybridized carbons (Fsp3) is 0.533. The largest absolute Gasteiger partial charge is 0.493 e. The van der Waals surface area contributed by atoms with Crippen LogP contribution in [0.5, 0.6) is 17.2 Å². The van der Waals surface area contributed by atoms with Crippen LogP contribution < -0.4 is 19.5 Å². The van der Waals surface area contributed by atoms with E-state index in [0.29, 0.717) is 22.8 Å². The summed E-state index contributed by atoms with van der Waals surface area (Å²) >= 11 is 0. The van der Waals surface area contributed by atoms with Crippen molar-refractivity contribution in [1.29, 1.82) is 0 Å². The van der Waals surface area contributed by atoms with E-state index in [0.717, 1.165) is 0 Å². The Bertz CT molecular complexity index is 487. The number of carbonyl (C=O) groups excluding carboxylic acids is 1. The van der Waals surface area contributed by atoms with Crippen LogP contribution in [0.25, 0.3) is 0 Å². The lowest BCUT2D eigenvalue weighted by Gasteiger charge is -2.21. The number of rotatable bonds is 7. The molecule has 6 heteroatoms. The second-order valence-corrected chi connectivity index (χ2v) is 4.89. The van der Waals surface area contributed by atoms with Gasteiger partial charge in [-0.1, -0.05) is 13.8 Å². The number of aliphatic hydroxyl groups is 1. The third kappa shape index (κ3) is 3.78. The SMILES string of the molecule is COc1ccc(C(=O)NC(CO)C(C)C)c(OC)c1OC. The molecule has 0 aliphatic heterocycles. The average molecular weight is 297 g/mol. The Kier molecular flexibility index (Phi) is 6.30. The molecule has 118 valence electrons. The van der Waals surface area contributed by atoms with Gasteiger partial charge in [-0.2, -0.15) is 0 Å². The predicted octanol–water partition coefficient (Wildman–Crippen LogP) is 1.46. The van der Waals surface area contributed by atoms with E-state index in [1.165, 1.54) is 21.3 Å². The zero-order valence-electron chi connectivity index (χ0n) is 13.1. The minimum atomic E-state index is -0.333. The third-order valence-electron chi connectivity index (χ3n) is 3.27. The highest BCUT2D eigenvalue weighted by Gasteiger charge is 2.23. The van der Waals surface area contributed by atoms with Gasteiger partial charge < -0.3 is 24.6 Å². The fourth-order valence-corrected chi connectivity index (χ4v) is 1.95. The van der Waals surface area contributed by atoms with E-state index in [-0.39, 0.29) is 24.5 Å². The molecule has 6 nitrogen and oxygen atoms in total. The van der Waals surface area contributed by atoms with Gasteiger partial charge >= 0.3 is 0 Å². The highest BCUT2D eigenvalue weighted by atomic mass is 16.5. The molecule has 1 rings (SSSR count). The van der Waals surface area contributed by atoms with Crippen LogP contribution in [0.2, 0.25) is 0 Å². The van der Waals surface area contributed by atoms with Crippen LogP contribution in [-0.4, -0.2) is 45.0 Å². The van der Waals surface area contributed by atoms with Gasteiger partial charge in [0.05, 0.1) is 39.5 Å². The van der Waals surface area contributed by atoms with Crippen LogP contribution in [-0.2, 0) is 0 Å². The van der Waals surface area contributed by atoms with Crippen molar-refractivity contribution in [2.24, 2.45) is 5.92 Å². The Morgan fingerprint density at radius 1 is 1.14 bits per heavy atom. The summed E-state index contributed by atoms with van der Waals surface area (Å²) in [5, 5.41) is 12.1. The maximum atomic E-state index is 12.4. The summed E-state index contributed by atoms with van der Waals surface area (Å²) in [6.07, 6.45) is 0. The van der Waals surface area contributed by atoms with Crippen molar-refractivity contribution in [3.63, 3.8) is 0 Å². The molecular weight excluding hydrogens is 274 g/mol. The fourth-order valence-electron chi connectivity index (χ4n) is 1.95. The number of ether oxygens (including phenoxy) is 3. The summed E-state index contributed by atoms with van der Waals surface area (Å²) in [5.41, 5.74) is 0.328. The van der Waals surface area contributed by atoms with Crippen molar-refractivity contribution < 1.29 is 24.1 Å². The molecule has 0 spiro atoms. The van der Waals surface area contributed by atoms with Crippen molar-refractivity contribution >= 4 is 5.91 Å². The molecule has 0 fully saturated rings. The summed E-state index contributed by atoms with van der Waals surface area (Å²) in [5.74, 6) is 0.923. The lowest BCUT2D eigenvalue weighted by molar-refractivity contribution is 0.0893. The molecule has 0 aromatic heterocycles. The first-order valence-electron chi connectivity index (χ1n) is 6.70. The van der Waals surface area contributed by atoms with Crippen molar-refractivity contribution in [3.8, 4) is 17.2 Å². The van der Waals surface area contributed by atoms with E-state index in [4.69, 9.17) is 14.2 Å². The van der Waals surface area contributed by atoms with Gasteiger partial charge in [-0.15, -0.1) is 0 Å². The van der Waals surface area contributed by atoms with E-state index >= 15 is 0 Å². The first-order valence-corrected chi connectivity index (χ1v) is 6.70. The first kappa shape index (κ1) is 17.1. The Labute approximate surface area is 125 Å². The topological polar surface area (TPSA) is 77.0 Å². The lowest BCUT2D eigenvalue weighted by atomic mass is 10.0. The van der Waals surface area contributed by atoms with Gasteiger partial charge in [0.25, 0.3) is 5.91 Å². The molecule has 0 radical (unpaired) electrons. The summed E-state index contributed by atoms with van der Waals surface area (Å²) in [6.45, 7) is 3.72. The summed E-state index contributed by atoms with van der Waals surface area (Å²) in [4.78, 5) is 12.4. The highest BCUT2D eigenvalue weighted by Crippen LogP contribution is 2.39. The van der Waals surface area contributed by atoms with Crippen LogP contribution in [0.3, 0.4) is 0 Å². The number of methoxy groups -OCH3 is 3. The van der Waals surface area contributed by atoms with Crippen LogP contribution in [0, 0.1) is 5.92 Å². The molecule has 1 unspecified atom stereocenters. The van der Waals surface area contributed by atoms with Crippen LogP contribution >= 0.6 is 0 Å². The quantitative estimate of drug-likeness (QED) is 0.797. The summed E-state index contributed by atoms with van der Waals surface area (Å²) < 4.78 is 15.7. The molecule has 0 saturated heterocycles. The number of nitrogens with one attached hydrogen (secondary N) is 1. The molecule has 0 bridgehead atoms. The number of amides is 1. The summed E-state index contributed by atoms with van der Waals surface area (Å²) in [7, 11) is 4.45. The number of aliphatic hydroxyl groups excluding tert-OH is 1. The number of hydrogen-bond donors (Lipinski definition) is 2. The second kappa shape index (κ2) is 7.73. The molecule has 1 atom stereocenters. The van der Waals surface area contributed by atoms with Crippen LogP contribution in [0.15, 0.2) is 12.1 Å². The lowest BCUT2D eigenvalue weighted by Crippen LogP contribution is -2.41. The minimum Gasteiger partial charge on any atom is -0.493 e.